The Labute approximate surface area is 225 Å². The van der Waals surface area contributed by atoms with E-state index < -0.39 is 16.0 Å². The van der Waals surface area contributed by atoms with Crippen LogP contribution in [0, 0.1) is 5.82 Å². The Morgan fingerprint density at radius 1 is 0.821 bits per heavy atom. The minimum atomic E-state index is -3.86. The van der Waals surface area contributed by atoms with Gasteiger partial charge >= 0.3 is 0 Å². The second-order valence-corrected chi connectivity index (χ2v) is 9.55. The number of nitrogens with one attached hydrogen (secondary N) is 4. The van der Waals surface area contributed by atoms with E-state index in [0.717, 1.165) is 11.8 Å². The van der Waals surface area contributed by atoms with E-state index in [2.05, 4.69) is 30.0 Å². The lowest BCUT2D eigenvalue weighted by atomic mass is 10.2. The molecule has 4 aromatic rings. The normalized spacial score (nSPS) is 11.0. The number of aromatic nitrogens is 2. The number of methoxy groups -OCH3 is 3. The van der Waals surface area contributed by atoms with Gasteiger partial charge in [-0.15, -0.1) is 0 Å². The predicted octanol–water partition coefficient (Wildman–Crippen LogP) is 4.58. The van der Waals surface area contributed by atoms with Gasteiger partial charge in [0.05, 0.1) is 33.2 Å². The minimum absolute atomic E-state index is 0.0927. The number of rotatable bonds is 12. The summed E-state index contributed by atoms with van der Waals surface area (Å²) in [6, 6.07) is 18.8. The summed E-state index contributed by atoms with van der Waals surface area (Å²) in [7, 11) is 0.623. The van der Waals surface area contributed by atoms with Crippen LogP contribution in [0.4, 0.5) is 33.2 Å². The molecule has 0 spiro atoms. The van der Waals surface area contributed by atoms with E-state index in [0.29, 0.717) is 28.6 Å². The molecule has 0 aliphatic carbocycles. The highest BCUT2D eigenvalue weighted by molar-refractivity contribution is 7.90. The first kappa shape index (κ1) is 27.4. The van der Waals surface area contributed by atoms with Crippen molar-refractivity contribution in [2.45, 2.75) is 6.54 Å². The van der Waals surface area contributed by atoms with Crippen molar-refractivity contribution in [2.24, 2.45) is 0 Å². The highest BCUT2D eigenvalue weighted by Crippen LogP contribution is 2.40. The Bertz CT molecular complexity index is 1510. The van der Waals surface area contributed by atoms with E-state index in [1.165, 1.54) is 27.4 Å². The molecule has 0 aliphatic rings. The number of anilines is 5. The van der Waals surface area contributed by atoms with Crippen molar-refractivity contribution in [3.05, 3.63) is 84.3 Å². The molecule has 0 saturated carbocycles. The maximum atomic E-state index is 14.6. The third-order valence-corrected chi connectivity index (χ3v) is 6.38. The zero-order chi connectivity index (χ0) is 27.8. The van der Waals surface area contributed by atoms with Gasteiger partial charge in [-0.3, -0.25) is 4.72 Å². The summed E-state index contributed by atoms with van der Waals surface area (Å²) in [5.41, 5.74) is 2.00. The van der Waals surface area contributed by atoms with Gasteiger partial charge in [-0.05, 0) is 23.8 Å². The Kier molecular flexibility index (Phi) is 8.63. The van der Waals surface area contributed by atoms with Crippen molar-refractivity contribution in [2.75, 3.05) is 36.7 Å². The lowest BCUT2D eigenvalue weighted by molar-refractivity contribution is 0.324. The summed E-state index contributed by atoms with van der Waals surface area (Å²) in [5.74, 6) is 0.506. The largest absolute Gasteiger partial charge is 0.493 e. The molecule has 0 atom stereocenters. The first-order valence-electron chi connectivity index (χ1n) is 11.6. The van der Waals surface area contributed by atoms with Crippen LogP contribution in [0.25, 0.3) is 0 Å². The molecule has 4 N–H and O–H groups in total. The van der Waals surface area contributed by atoms with Crippen molar-refractivity contribution in [1.82, 2.24) is 14.7 Å². The fourth-order valence-corrected chi connectivity index (χ4v) is 4.43. The topological polar surface area (TPSA) is 136 Å². The summed E-state index contributed by atoms with van der Waals surface area (Å²) in [5, 5.41) is 5.84. The van der Waals surface area contributed by atoms with Crippen LogP contribution in [-0.4, -0.2) is 39.7 Å². The molecule has 1 heterocycles. The van der Waals surface area contributed by atoms with E-state index in [4.69, 9.17) is 14.2 Å². The number of hydrogen-bond donors (Lipinski definition) is 4. The summed E-state index contributed by atoms with van der Waals surface area (Å²) in [6.07, 6.45) is 1.01. The van der Waals surface area contributed by atoms with Crippen molar-refractivity contribution < 1.29 is 27.0 Å². The summed E-state index contributed by atoms with van der Waals surface area (Å²) >= 11 is 0. The van der Waals surface area contributed by atoms with Crippen molar-refractivity contribution >= 4 is 39.0 Å². The molecule has 204 valence electrons. The van der Waals surface area contributed by atoms with E-state index in [9.17, 15) is 12.8 Å². The maximum absolute atomic E-state index is 14.6. The third kappa shape index (κ3) is 7.24. The zero-order valence-electron chi connectivity index (χ0n) is 21.4. The van der Waals surface area contributed by atoms with Gasteiger partial charge in [-0.1, -0.05) is 36.4 Å². The van der Waals surface area contributed by atoms with Crippen LogP contribution in [-0.2, 0) is 16.8 Å². The maximum Gasteiger partial charge on any atom is 0.299 e. The smallest absolute Gasteiger partial charge is 0.299 e. The Morgan fingerprint density at radius 2 is 1.51 bits per heavy atom. The molecule has 0 amide bonds. The van der Waals surface area contributed by atoms with Gasteiger partial charge in [0.15, 0.2) is 23.1 Å². The van der Waals surface area contributed by atoms with Crippen molar-refractivity contribution in [3.8, 4) is 17.2 Å². The number of benzene rings is 3. The van der Waals surface area contributed by atoms with Crippen LogP contribution in [0.2, 0.25) is 0 Å². The van der Waals surface area contributed by atoms with E-state index in [1.54, 1.807) is 30.3 Å². The lowest BCUT2D eigenvalue weighted by Gasteiger charge is -2.15. The van der Waals surface area contributed by atoms with Crippen LogP contribution >= 0.6 is 0 Å². The average molecular weight is 555 g/mol. The summed E-state index contributed by atoms with van der Waals surface area (Å²) < 4.78 is 60.5. The fraction of sp³-hybridized carbons (Fsp3) is 0.154. The Balaban J connectivity index is 1.48. The Hall–Kier alpha value is -4.62. The molecule has 1 aromatic heterocycles. The molecule has 4 rings (SSSR count). The summed E-state index contributed by atoms with van der Waals surface area (Å²) in [4.78, 5) is 8.20. The molecule has 13 heteroatoms. The van der Waals surface area contributed by atoms with Crippen LogP contribution in [0.15, 0.2) is 72.9 Å². The summed E-state index contributed by atoms with van der Waals surface area (Å²) in [6.45, 7) is 0.127. The predicted molar refractivity (Wildman–Crippen MR) is 147 cm³/mol. The van der Waals surface area contributed by atoms with Crippen molar-refractivity contribution in [1.29, 1.82) is 0 Å². The Morgan fingerprint density at radius 3 is 2.18 bits per heavy atom. The first-order valence-corrected chi connectivity index (χ1v) is 13.1. The van der Waals surface area contributed by atoms with Crippen molar-refractivity contribution in [3.63, 3.8) is 0 Å². The molecule has 11 nitrogen and oxygen atoms in total. The lowest BCUT2D eigenvalue weighted by Crippen LogP contribution is -2.29. The van der Waals surface area contributed by atoms with Gasteiger partial charge in [0.1, 0.15) is 0 Å². The van der Waals surface area contributed by atoms with Gasteiger partial charge < -0.3 is 24.8 Å². The minimum Gasteiger partial charge on any atom is -0.493 e. The molecule has 0 unspecified atom stereocenters. The van der Waals surface area contributed by atoms with Crippen LogP contribution in [0.5, 0.6) is 17.2 Å². The zero-order valence-corrected chi connectivity index (χ0v) is 22.2. The van der Waals surface area contributed by atoms with Gasteiger partial charge in [0.25, 0.3) is 10.2 Å². The number of ether oxygens (including phenoxy) is 3. The highest BCUT2D eigenvalue weighted by atomic mass is 32.2. The SMILES string of the molecule is COc1cc(Nc2ncc(F)c(Nc3cccc(NS(=O)(=O)NCc4ccccc4)c3)n2)cc(OC)c1OC. The number of halogens is 1. The quantitative estimate of drug-likeness (QED) is 0.198. The van der Waals surface area contributed by atoms with Crippen LogP contribution in [0.1, 0.15) is 5.56 Å². The average Bonchev–Trinajstić information content (AvgIpc) is 2.93. The van der Waals surface area contributed by atoms with Gasteiger partial charge in [-0.2, -0.15) is 18.1 Å². The molecular weight excluding hydrogens is 527 g/mol. The molecule has 0 aliphatic heterocycles. The van der Waals surface area contributed by atoms with E-state index in [-0.39, 0.29) is 24.0 Å². The van der Waals surface area contributed by atoms with Gasteiger partial charge in [-0.25, -0.2) is 9.37 Å². The molecular formula is C26H27FN6O5S. The molecule has 3 aromatic carbocycles. The molecule has 39 heavy (non-hydrogen) atoms. The monoisotopic (exact) mass is 554 g/mol. The number of nitrogens with zero attached hydrogens (tertiary/aromatic N) is 2. The third-order valence-electron chi connectivity index (χ3n) is 5.35. The van der Waals surface area contributed by atoms with Crippen LogP contribution < -0.4 is 34.3 Å². The second-order valence-electron chi connectivity index (χ2n) is 8.05. The molecule has 0 fully saturated rings. The highest BCUT2D eigenvalue weighted by Gasteiger charge is 2.15. The molecule has 0 bridgehead atoms. The second kappa shape index (κ2) is 12.3. The first-order chi connectivity index (χ1) is 18.8. The van der Waals surface area contributed by atoms with E-state index in [1.807, 2.05) is 30.3 Å². The molecule has 0 radical (unpaired) electrons. The fourth-order valence-electron chi connectivity index (χ4n) is 3.56. The van der Waals surface area contributed by atoms with Gasteiger partial charge in [0.2, 0.25) is 11.7 Å². The number of hydrogen-bond acceptors (Lipinski definition) is 9. The molecule has 0 saturated heterocycles. The van der Waals surface area contributed by atoms with E-state index >= 15 is 0 Å². The standard InChI is InChI=1S/C26H27FN6O5S/c1-36-22-13-20(14-23(37-2)24(22)38-3)31-26-28-16-21(27)25(32-26)30-18-10-7-11-19(12-18)33-39(34,35)29-15-17-8-5-4-6-9-17/h4-14,16,29,33H,15H2,1-3H3,(H2,28,30,31,32). The van der Waals surface area contributed by atoms with Crippen LogP contribution in [0.3, 0.4) is 0 Å². The van der Waals surface area contributed by atoms with Gasteiger partial charge in [0, 0.05) is 30.1 Å².